The van der Waals surface area contributed by atoms with E-state index >= 15 is 0 Å². The molecule has 1 fully saturated rings. The van der Waals surface area contributed by atoms with E-state index in [-0.39, 0.29) is 0 Å². The van der Waals surface area contributed by atoms with Gasteiger partial charge in [0, 0.05) is 12.6 Å². The molecule has 0 aliphatic carbocycles. The molecule has 4 heteroatoms. The van der Waals surface area contributed by atoms with Gasteiger partial charge < -0.3 is 10.6 Å². The molecule has 2 N–H and O–H groups in total. The van der Waals surface area contributed by atoms with E-state index in [2.05, 4.69) is 29.8 Å². The van der Waals surface area contributed by atoms with Crippen LogP contribution in [0.2, 0.25) is 0 Å². The molecule has 18 heavy (non-hydrogen) atoms. The Hall–Kier alpha value is -0.630. The van der Waals surface area contributed by atoms with Crippen LogP contribution >= 0.6 is 0 Å². The Morgan fingerprint density at radius 3 is 2.78 bits per heavy atom. The van der Waals surface area contributed by atoms with Crippen LogP contribution in [-0.2, 0) is 0 Å². The standard InChI is InChI=1S/C14H28N4/c1-4-13-11-17(3)8-6-10-18(13)9-5-7-14(2,16)12-15/h13H,4-11,16H2,1-3H3. The van der Waals surface area contributed by atoms with Crippen molar-refractivity contribution < 1.29 is 0 Å². The Bertz CT molecular complexity index is 282. The van der Waals surface area contributed by atoms with Gasteiger partial charge >= 0.3 is 0 Å². The van der Waals surface area contributed by atoms with Gasteiger partial charge in [-0.2, -0.15) is 5.26 Å². The van der Waals surface area contributed by atoms with Gasteiger partial charge in [0.15, 0.2) is 0 Å². The van der Waals surface area contributed by atoms with Crippen LogP contribution in [0.4, 0.5) is 0 Å². The van der Waals surface area contributed by atoms with Gasteiger partial charge in [0.05, 0.1) is 6.07 Å². The minimum atomic E-state index is -0.662. The summed E-state index contributed by atoms with van der Waals surface area (Å²) in [6, 6.07) is 2.83. The zero-order valence-corrected chi connectivity index (χ0v) is 12.2. The number of nitrogens with zero attached hydrogens (tertiary/aromatic N) is 3. The first-order chi connectivity index (χ1) is 8.48. The number of nitriles is 1. The van der Waals surface area contributed by atoms with Crippen molar-refractivity contribution in [3.8, 4) is 6.07 Å². The predicted molar refractivity (Wildman–Crippen MR) is 75.2 cm³/mol. The molecule has 0 radical (unpaired) electrons. The molecule has 2 atom stereocenters. The van der Waals surface area contributed by atoms with E-state index in [1.165, 1.54) is 25.9 Å². The maximum Gasteiger partial charge on any atom is 0.101 e. The van der Waals surface area contributed by atoms with Crippen LogP contribution < -0.4 is 5.73 Å². The van der Waals surface area contributed by atoms with Crippen LogP contribution in [0, 0.1) is 11.3 Å². The maximum absolute atomic E-state index is 8.91. The molecule has 104 valence electrons. The van der Waals surface area contributed by atoms with Crippen molar-refractivity contribution >= 4 is 0 Å². The van der Waals surface area contributed by atoms with E-state index in [4.69, 9.17) is 11.0 Å². The first kappa shape index (κ1) is 15.4. The molecular formula is C14H28N4. The van der Waals surface area contributed by atoms with E-state index in [0.717, 1.165) is 25.9 Å². The van der Waals surface area contributed by atoms with Gasteiger partial charge in [0.1, 0.15) is 5.54 Å². The van der Waals surface area contributed by atoms with Crippen molar-refractivity contribution in [3.63, 3.8) is 0 Å². The summed E-state index contributed by atoms with van der Waals surface area (Å²) in [6.45, 7) is 8.69. The van der Waals surface area contributed by atoms with E-state index in [9.17, 15) is 0 Å². The molecule has 1 saturated heterocycles. The zero-order chi connectivity index (χ0) is 13.6. The second kappa shape index (κ2) is 7.08. The summed E-state index contributed by atoms with van der Waals surface area (Å²) in [5, 5.41) is 8.91. The summed E-state index contributed by atoms with van der Waals surface area (Å²) in [7, 11) is 2.21. The highest BCUT2D eigenvalue weighted by Gasteiger charge is 2.23. The molecule has 0 aromatic heterocycles. The molecule has 2 unspecified atom stereocenters. The van der Waals surface area contributed by atoms with Crippen LogP contribution in [0.25, 0.3) is 0 Å². The van der Waals surface area contributed by atoms with Gasteiger partial charge in [-0.25, -0.2) is 0 Å². The number of rotatable bonds is 5. The van der Waals surface area contributed by atoms with E-state index in [0.29, 0.717) is 6.04 Å². The monoisotopic (exact) mass is 252 g/mol. The van der Waals surface area contributed by atoms with Crippen LogP contribution in [0.5, 0.6) is 0 Å². The Balaban J connectivity index is 2.42. The fourth-order valence-corrected chi connectivity index (χ4v) is 2.68. The fourth-order valence-electron chi connectivity index (χ4n) is 2.68. The second-order valence-corrected chi connectivity index (χ2v) is 5.85. The van der Waals surface area contributed by atoms with Crippen molar-refractivity contribution in [2.45, 2.75) is 51.1 Å². The highest BCUT2D eigenvalue weighted by Crippen LogP contribution is 2.15. The van der Waals surface area contributed by atoms with Crippen LogP contribution in [0.1, 0.15) is 39.5 Å². The molecule has 1 aliphatic rings. The molecule has 1 heterocycles. The molecule has 0 bridgehead atoms. The highest BCUT2D eigenvalue weighted by molar-refractivity contribution is 5.00. The highest BCUT2D eigenvalue weighted by atomic mass is 15.2. The molecule has 1 aliphatic heterocycles. The quantitative estimate of drug-likeness (QED) is 0.804. The minimum Gasteiger partial charge on any atom is -0.314 e. The van der Waals surface area contributed by atoms with E-state index < -0.39 is 5.54 Å². The van der Waals surface area contributed by atoms with Crippen molar-refractivity contribution in [2.24, 2.45) is 5.73 Å². The Morgan fingerprint density at radius 1 is 1.44 bits per heavy atom. The Kier molecular flexibility index (Phi) is 6.07. The molecule has 0 aromatic carbocycles. The summed E-state index contributed by atoms with van der Waals surface area (Å²) in [4.78, 5) is 5.01. The summed E-state index contributed by atoms with van der Waals surface area (Å²) < 4.78 is 0. The fraction of sp³-hybridized carbons (Fsp3) is 0.929. The third-order valence-corrected chi connectivity index (χ3v) is 3.89. The summed E-state index contributed by atoms with van der Waals surface area (Å²) >= 11 is 0. The van der Waals surface area contributed by atoms with Crippen molar-refractivity contribution in [3.05, 3.63) is 0 Å². The Morgan fingerprint density at radius 2 is 2.17 bits per heavy atom. The lowest BCUT2D eigenvalue weighted by molar-refractivity contribution is 0.178. The summed E-state index contributed by atoms with van der Waals surface area (Å²) in [5.41, 5.74) is 5.20. The van der Waals surface area contributed by atoms with E-state index in [1.807, 2.05) is 6.92 Å². The van der Waals surface area contributed by atoms with Gasteiger partial charge in [0.2, 0.25) is 0 Å². The van der Waals surface area contributed by atoms with E-state index in [1.54, 1.807) is 0 Å². The smallest absolute Gasteiger partial charge is 0.101 e. The first-order valence-corrected chi connectivity index (χ1v) is 7.11. The predicted octanol–water partition coefficient (Wildman–Crippen LogP) is 1.42. The lowest BCUT2D eigenvalue weighted by Crippen LogP contribution is -2.41. The molecule has 0 aromatic rings. The van der Waals surface area contributed by atoms with Crippen molar-refractivity contribution in [1.29, 1.82) is 5.26 Å². The molecule has 1 rings (SSSR count). The van der Waals surface area contributed by atoms with Gasteiger partial charge in [-0.05, 0) is 59.3 Å². The average molecular weight is 252 g/mol. The first-order valence-electron chi connectivity index (χ1n) is 7.11. The number of nitrogens with two attached hydrogens (primary N) is 1. The lowest BCUT2D eigenvalue weighted by atomic mass is 9.99. The number of hydrogen-bond acceptors (Lipinski definition) is 4. The van der Waals surface area contributed by atoms with Gasteiger partial charge in [-0.1, -0.05) is 6.92 Å². The summed E-state index contributed by atoms with van der Waals surface area (Å²) in [6.07, 6.45) is 4.24. The van der Waals surface area contributed by atoms with Crippen LogP contribution in [-0.4, -0.2) is 54.6 Å². The normalized spacial score (nSPS) is 26.3. The van der Waals surface area contributed by atoms with Gasteiger partial charge in [0.25, 0.3) is 0 Å². The van der Waals surface area contributed by atoms with Gasteiger partial charge in [-0.15, -0.1) is 0 Å². The average Bonchev–Trinajstić information content (AvgIpc) is 2.51. The number of likely N-dealkylation sites (N-methyl/N-ethyl adjacent to an activating group) is 1. The maximum atomic E-state index is 8.91. The summed E-state index contributed by atoms with van der Waals surface area (Å²) in [5.74, 6) is 0. The lowest BCUT2D eigenvalue weighted by Gasteiger charge is -2.30. The van der Waals surface area contributed by atoms with Crippen molar-refractivity contribution in [1.82, 2.24) is 9.80 Å². The molecule has 4 nitrogen and oxygen atoms in total. The SMILES string of the molecule is CCC1CN(C)CCCN1CCCC(C)(N)C#N. The Labute approximate surface area is 112 Å². The molecule has 0 amide bonds. The van der Waals surface area contributed by atoms with Gasteiger partial charge in [-0.3, -0.25) is 4.90 Å². The van der Waals surface area contributed by atoms with Crippen LogP contribution in [0.3, 0.4) is 0 Å². The third-order valence-electron chi connectivity index (χ3n) is 3.89. The second-order valence-electron chi connectivity index (χ2n) is 5.85. The molecular weight excluding hydrogens is 224 g/mol. The third kappa shape index (κ3) is 4.93. The largest absolute Gasteiger partial charge is 0.314 e. The topological polar surface area (TPSA) is 56.3 Å². The van der Waals surface area contributed by atoms with Crippen molar-refractivity contribution in [2.75, 3.05) is 33.2 Å². The minimum absolute atomic E-state index is 0.656. The van der Waals surface area contributed by atoms with Crippen LogP contribution in [0.15, 0.2) is 0 Å². The zero-order valence-electron chi connectivity index (χ0n) is 12.2. The molecule has 0 saturated carbocycles. The molecule has 0 spiro atoms. The number of hydrogen-bond donors (Lipinski definition) is 1.